The lowest BCUT2D eigenvalue weighted by atomic mass is 9.79. The van der Waals surface area contributed by atoms with Crippen molar-refractivity contribution in [2.24, 2.45) is 0 Å². The summed E-state index contributed by atoms with van der Waals surface area (Å²) in [6, 6.07) is 31.6. The van der Waals surface area contributed by atoms with E-state index in [-0.39, 0.29) is 24.3 Å². The summed E-state index contributed by atoms with van der Waals surface area (Å²) in [6.07, 6.45) is 1.38. The number of nitrogens with one attached hydrogen (secondary N) is 1. The fraction of sp³-hybridized carbons (Fsp3) is 0.318. The van der Waals surface area contributed by atoms with Crippen molar-refractivity contribution in [3.8, 4) is 0 Å². The summed E-state index contributed by atoms with van der Waals surface area (Å²) in [6.45, 7) is 7.76. The first-order valence-corrected chi connectivity index (χ1v) is 19.8. The number of amides is 5. The maximum absolute atomic E-state index is 13.7. The molecule has 3 N–H and O–H groups in total. The number of nitrogens with zero attached hydrogens (tertiary/aromatic N) is 5. The third kappa shape index (κ3) is 7.77. The van der Waals surface area contributed by atoms with Crippen LogP contribution in [-0.4, -0.2) is 114 Å². The van der Waals surface area contributed by atoms with Crippen LogP contribution in [0.15, 0.2) is 97.1 Å². The van der Waals surface area contributed by atoms with Crippen molar-refractivity contribution in [1.82, 2.24) is 20.0 Å². The number of piperidine rings is 1. The molecule has 8 rings (SSSR count). The molecule has 0 aliphatic carbocycles. The van der Waals surface area contributed by atoms with Crippen LogP contribution < -0.4 is 20.6 Å². The van der Waals surface area contributed by atoms with Gasteiger partial charge in [-0.25, -0.2) is 4.79 Å². The highest BCUT2D eigenvalue weighted by Crippen LogP contribution is 2.35. The monoisotopic (exact) mass is 766 g/mol. The van der Waals surface area contributed by atoms with E-state index in [1.807, 2.05) is 58.3 Å². The molecule has 4 heterocycles. The Morgan fingerprint density at radius 1 is 0.719 bits per heavy atom. The molecule has 1 atom stereocenters. The second-order valence-corrected chi connectivity index (χ2v) is 15.1. The van der Waals surface area contributed by atoms with Crippen LogP contribution in [0.2, 0.25) is 0 Å². The van der Waals surface area contributed by atoms with Crippen LogP contribution in [0, 0.1) is 0 Å². The number of imide groups is 1. The number of anilines is 2. The van der Waals surface area contributed by atoms with Gasteiger partial charge in [0, 0.05) is 82.3 Å². The van der Waals surface area contributed by atoms with E-state index in [2.05, 4.69) is 58.4 Å². The van der Waals surface area contributed by atoms with Gasteiger partial charge in [0.2, 0.25) is 11.8 Å². The molecular weight excluding hydrogens is 719 g/mol. The molecule has 0 aromatic heterocycles. The lowest BCUT2D eigenvalue weighted by Crippen LogP contribution is -2.57. The fourth-order valence-electron chi connectivity index (χ4n) is 8.61. The number of piperazine rings is 2. The number of rotatable bonds is 8. The van der Waals surface area contributed by atoms with E-state index in [1.165, 1.54) is 5.57 Å². The average Bonchev–Trinajstić information content (AvgIpc) is 3.57. The Bertz CT molecular complexity index is 2180. The largest absolute Gasteiger partial charge is 0.488 e. The first kappa shape index (κ1) is 38.0. The Hall–Kier alpha value is -5.92. The van der Waals surface area contributed by atoms with Crippen LogP contribution in [0.3, 0.4) is 0 Å². The van der Waals surface area contributed by atoms with E-state index in [0.29, 0.717) is 63.3 Å². The SMILES string of the molecule is CC/C(=C(\c1ccc(B(O)O)cc1)c1ccc(N2CCN(C(=O)N3CCN(c4ccc5c(c4)CN([C@H]4CCC(=O)NC4=O)C5=O)CC3)CC2)cc1)c1ccccc1. The number of allylic oxidation sites excluding steroid dienone is 1. The smallest absolute Gasteiger partial charge is 0.423 e. The van der Waals surface area contributed by atoms with Gasteiger partial charge in [-0.05, 0) is 82.0 Å². The van der Waals surface area contributed by atoms with Gasteiger partial charge in [0.1, 0.15) is 6.04 Å². The molecule has 0 radical (unpaired) electrons. The van der Waals surface area contributed by atoms with E-state index in [4.69, 9.17) is 0 Å². The van der Waals surface area contributed by atoms with Crippen molar-refractivity contribution < 1.29 is 29.2 Å². The summed E-state index contributed by atoms with van der Waals surface area (Å²) in [4.78, 5) is 60.9. The van der Waals surface area contributed by atoms with E-state index in [0.717, 1.165) is 58.7 Å². The third-order valence-corrected chi connectivity index (χ3v) is 11.8. The van der Waals surface area contributed by atoms with Crippen LogP contribution in [0.25, 0.3) is 11.1 Å². The molecule has 12 nitrogen and oxygen atoms in total. The normalized spacial score (nSPS) is 19.0. The first-order chi connectivity index (χ1) is 27.7. The Morgan fingerprint density at radius 2 is 1.30 bits per heavy atom. The zero-order chi connectivity index (χ0) is 39.6. The summed E-state index contributed by atoms with van der Waals surface area (Å²) >= 11 is 0. The number of carbonyl (C=O) groups excluding carboxylic acids is 4. The molecule has 3 saturated heterocycles. The predicted molar refractivity (Wildman–Crippen MR) is 221 cm³/mol. The lowest BCUT2D eigenvalue weighted by Gasteiger charge is -2.41. The van der Waals surface area contributed by atoms with E-state index in [1.54, 1.807) is 17.0 Å². The van der Waals surface area contributed by atoms with Gasteiger partial charge in [0.05, 0.1) is 0 Å². The molecule has 4 aromatic rings. The van der Waals surface area contributed by atoms with Crippen LogP contribution in [0.4, 0.5) is 16.2 Å². The first-order valence-electron chi connectivity index (χ1n) is 19.8. The summed E-state index contributed by atoms with van der Waals surface area (Å²) in [7, 11) is -1.52. The van der Waals surface area contributed by atoms with Crippen molar-refractivity contribution in [3.05, 3.63) is 125 Å². The van der Waals surface area contributed by atoms with Crippen LogP contribution in [0.5, 0.6) is 0 Å². The number of hydrogen-bond donors (Lipinski definition) is 3. The molecule has 5 amide bonds. The van der Waals surface area contributed by atoms with Crippen molar-refractivity contribution >= 4 is 58.9 Å². The molecule has 13 heteroatoms. The van der Waals surface area contributed by atoms with Crippen LogP contribution in [-0.2, 0) is 16.1 Å². The van der Waals surface area contributed by atoms with Gasteiger partial charge in [-0.3, -0.25) is 19.7 Å². The molecule has 57 heavy (non-hydrogen) atoms. The maximum Gasteiger partial charge on any atom is 0.488 e. The van der Waals surface area contributed by atoms with E-state index in [9.17, 15) is 29.2 Å². The Morgan fingerprint density at radius 3 is 1.88 bits per heavy atom. The maximum atomic E-state index is 13.7. The van der Waals surface area contributed by atoms with Gasteiger partial charge >= 0.3 is 13.1 Å². The Balaban J connectivity index is 0.876. The number of carbonyl (C=O) groups is 4. The molecule has 4 aliphatic rings. The average molecular weight is 767 g/mol. The third-order valence-electron chi connectivity index (χ3n) is 11.8. The fourth-order valence-corrected chi connectivity index (χ4v) is 8.61. The van der Waals surface area contributed by atoms with Crippen molar-refractivity contribution in [2.75, 3.05) is 62.2 Å². The number of benzene rings is 4. The zero-order valence-electron chi connectivity index (χ0n) is 32.1. The van der Waals surface area contributed by atoms with Crippen LogP contribution >= 0.6 is 0 Å². The van der Waals surface area contributed by atoms with Gasteiger partial charge in [-0.2, -0.15) is 0 Å². The molecular formula is C44H47BN6O6. The van der Waals surface area contributed by atoms with E-state index >= 15 is 0 Å². The summed E-state index contributed by atoms with van der Waals surface area (Å²) in [5.41, 5.74) is 9.54. The van der Waals surface area contributed by atoms with Crippen molar-refractivity contribution in [2.45, 2.75) is 38.8 Å². The summed E-state index contributed by atoms with van der Waals surface area (Å²) < 4.78 is 0. The molecule has 0 spiro atoms. The number of hydrogen-bond acceptors (Lipinski definition) is 8. The lowest BCUT2D eigenvalue weighted by molar-refractivity contribution is -0.136. The van der Waals surface area contributed by atoms with E-state index < -0.39 is 19.1 Å². The van der Waals surface area contributed by atoms with Gasteiger partial charge in [-0.15, -0.1) is 0 Å². The zero-order valence-corrected chi connectivity index (χ0v) is 32.1. The van der Waals surface area contributed by atoms with Gasteiger partial charge in [-0.1, -0.05) is 73.7 Å². The quantitative estimate of drug-likeness (QED) is 0.141. The van der Waals surface area contributed by atoms with Gasteiger partial charge in [0.15, 0.2) is 0 Å². The number of urea groups is 1. The predicted octanol–water partition coefficient (Wildman–Crippen LogP) is 3.56. The molecule has 3 fully saturated rings. The highest BCUT2D eigenvalue weighted by Gasteiger charge is 2.39. The molecule has 0 saturated carbocycles. The second kappa shape index (κ2) is 16.3. The highest BCUT2D eigenvalue weighted by atomic mass is 16.4. The highest BCUT2D eigenvalue weighted by molar-refractivity contribution is 6.58. The van der Waals surface area contributed by atoms with Crippen molar-refractivity contribution in [1.29, 1.82) is 0 Å². The minimum Gasteiger partial charge on any atom is -0.423 e. The molecule has 4 aliphatic heterocycles. The summed E-state index contributed by atoms with van der Waals surface area (Å²) in [5.74, 6) is -0.897. The van der Waals surface area contributed by atoms with Crippen LogP contribution in [0.1, 0.15) is 58.8 Å². The number of fused-ring (bicyclic) bond motifs is 1. The standard InChI is InChI=1S/C44H47BN6O6/c1-2-37(30-6-4-3-5-7-30)41(31-8-12-34(13-9-31)45(56)57)32-10-14-35(15-11-32)47-20-24-49(25-21-47)44(55)50-26-22-48(23-27-50)36-16-17-38-33(28-36)29-51(43(38)54)39-18-19-40(52)46-42(39)53/h3-17,28,39,56-57H,2,18-27,29H2,1H3,(H,46,52,53)/b41-37-/t39-/m0/s1. The second-order valence-electron chi connectivity index (χ2n) is 15.1. The van der Waals surface area contributed by atoms with Gasteiger partial charge in [0.25, 0.3) is 5.91 Å². The topological polar surface area (TPSA) is 137 Å². The molecule has 4 aromatic carbocycles. The van der Waals surface area contributed by atoms with Crippen molar-refractivity contribution in [3.63, 3.8) is 0 Å². The Labute approximate surface area is 333 Å². The minimum absolute atomic E-state index is 0.0617. The molecule has 0 unspecified atom stereocenters. The molecule has 292 valence electrons. The van der Waals surface area contributed by atoms with Gasteiger partial charge < -0.3 is 34.5 Å². The minimum atomic E-state index is -1.52. The molecule has 0 bridgehead atoms. The summed E-state index contributed by atoms with van der Waals surface area (Å²) in [5, 5.41) is 21.7. The Kier molecular flexibility index (Phi) is 10.9.